The Kier molecular flexibility index (Phi) is 13.7. The molecule has 114 valence electrons. The van der Waals surface area contributed by atoms with Gasteiger partial charge in [0.1, 0.15) is 6.10 Å². The lowest BCUT2D eigenvalue weighted by molar-refractivity contribution is -0.0788. The molecule has 0 bridgehead atoms. The normalized spacial score (nSPS) is 14.3. The van der Waals surface area contributed by atoms with Gasteiger partial charge in [0.25, 0.3) is 0 Å². The molecule has 0 rings (SSSR count). The van der Waals surface area contributed by atoms with Gasteiger partial charge in [0.05, 0.1) is 32.5 Å². The molecule has 0 amide bonds. The summed E-state index contributed by atoms with van der Waals surface area (Å²) in [6, 6.07) is 0. The molecule has 0 N–H and O–H groups in total. The van der Waals surface area contributed by atoms with Crippen molar-refractivity contribution in [3.63, 3.8) is 0 Å². The predicted molar refractivity (Wildman–Crippen MR) is 77.6 cm³/mol. The molecule has 0 aliphatic heterocycles. The van der Waals surface area contributed by atoms with Crippen molar-refractivity contribution >= 4 is 0 Å². The molecule has 2 atom stereocenters. The van der Waals surface area contributed by atoms with E-state index in [9.17, 15) is 0 Å². The molecule has 0 spiro atoms. The Labute approximate surface area is 118 Å². The van der Waals surface area contributed by atoms with E-state index in [0.717, 1.165) is 25.9 Å². The second kappa shape index (κ2) is 14.0. The molecule has 4 nitrogen and oxygen atoms in total. The molecule has 2 unspecified atom stereocenters. The minimum Gasteiger partial charge on any atom is -0.379 e. The Morgan fingerprint density at radius 1 is 1.05 bits per heavy atom. The SMILES string of the molecule is C=CCOCC(COC(CC)COCCCC)OC. The van der Waals surface area contributed by atoms with Gasteiger partial charge in [-0.1, -0.05) is 26.3 Å². The quantitative estimate of drug-likeness (QED) is 0.360. The first-order valence-corrected chi connectivity index (χ1v) is 7.19. The number of unbranched alkanes of at least 4 members (excludes halogenated alkanes) is 1. The van der Waals surface area contributed by atoms with E-state index in [-0.39, 0.29) is 12.2 Å². The van der Waals surface area contributed by atoms with E-state index in [4.69, 9.17) is 18.9 Å². The lowest BCUT2D eigenvalue weighted by Crippen LogP contribution is -2.29. The second-order valence-electron chi connectivity index (χ2n) is 4.48. The van der Waals surface area contributed by atoms with Gasteiger partial charge < -0.3 is 18.9 Å². The summed E-state index contributed by atoms with van der Waals surface area (Å²) in [4.78, 5) is 0. The van der Waals surface area contributed by atoms with Gasteiger partial charge in [0.2, 0.25) is 0 Å². The minimum atomic E-state index is -0.0374. The van der Waals surface area contributed by atoms with Gasteiger partial charge in [-0.05, 0) is 12.8 Å². The van der Waals surface area contributed by atoms with Crippen LogP contribution in [-0.2, 0) is 18.9 Å². The second-order valence-corrected chi connectivity index (χ2v) is 4.48. The molecule has 4 heteroatoms. The largest absolute Gasteiger partial charge is 0.379 e. The average Bonchev–Trinajstić information content (AvgIpc) is 2.44. The molecule has 19 heavy (non-hydrogen) atoms. The molecular formula is C15H30O4. The van der Waals surface area contributed by atoms with Crippen molar-refractivity contribution in [1.29, 1.82) is 0 Å². The number of rotatable bonds is 14. The zero-order valence-electron chi connectivity index (χ0n) is 12.7. The third-order valence-corrected chi connectivity index (χ3v) is 2.79. The Morgan fingerprint density at radius 3 is 2.37 bits per heavy atom. The number of methoxy groups -OCH3 is 1. The van der Waals surface area contributed by atoms with Crippen LogP contribution in [0.4, 0.5) is 0 Å². The van der Waals surface area contributed by atoms with E-state index in [1.54, 1.807) is 13.2 Å². The molecule has 0 aromatic carbocycles. The molecule has 0 aromatic heterocycles. The van der Waals surface area contributed by atoms with Crippen molar-refractivity contribution in [2.75, 3.05) is 40.1 Å². The molecule has 0 aromatic rings. The van der Waals surface area contributed by atoms with Crippen LogP contribution in [0.1, 0.15) is 33.1 Å². The predicted octanol–water partition coefficient (Wildman–Crippen LogP) is 2.82. The van der Waals surface area contributed by atoms with Crippen molar-refractivity contribution in [1.82, 2.24) is 0 Å². The summed E-state index contributed by atoms with van der Waals surface area (Å²) in [5.41, 5.74) is 0. The fraction of sp³-hybridized carbons (Fsp3) is 0.867. The number of ether oxygens (including phenoxy) is 4. The minimum absolute atomic E-state index is 0.0374. The molecule has 0 aliphatic carbocycles. The van der Waals surface area contributed by atoms with E-state index in [2.05, 4.69) is 20.4 Å². The number of hydrogen-bond acceptors (Lipinski definition) is 4. The summed E-state index contributed by atoms with van der Waals surface area (Å²) in [5, 5.41) is 0. The Bertz CT molecular complexity index is 197. The highest BCUT2D eigenvalue weighted by Gasteiger charge is 2.12. The molecule has 0 saturated carbocycles. The van der Waals surface area contributed by atoms with Crippen molar-refractivity contribution in [3.05, 3.63) is 12.7 Å². The summed E-state index contributed by atoms with van der Waals surface area (Å²) in [5.74, 6) is 0. The topological polar surface area (TPSA) is 36.9 Å². The van der Waals surface area contributed by atoms with Crippen LogP contribution in [0.2, 0.25) is 0 Å². The summed E-state index contributed by atoms with van der Waals surface area (Å²) in [7, 11) is 1.67. The molecular weight excluding hydrogens is 244 g/mol. The molecule has 0 radical (unpaired) electrons. The Morgan fingerprint density at radius 2 is 1.79 bits per heavy atom. The first-order valence-electron chi connectivity index (χ1n) is 7.19. The average molecular weight is 274 g/mol. The van der Waals surface area contributed by atoms with Gasteiger partial charge in [-0.15, -0.1) is 6.58 Å². The van der Waals surface area contributed by atoms with Gasteiger partial charge >= 0.3 is 0 Å². The van der Waals surface area contributed by atoms with E-state index in [1.165, 1.54) is 0 Å². The summed E-state index contributed by atoms with van der Waals surface area (Å²) in [6.07, 6.45) is 5.02. The molecule has 0 aliphatic rings. The van der Waals surface area contributed by atoms with Crippen LogP contribution in [0, 0.1) is 0 Å². The first kappa shape index (κ1) is 18.6. The van der Waals surface area contributed by atoms with E-state index < -0.39 is 0 Å². The van der Waals surface area contributed by atoms with Gasteiger partial charge in [0, 0.05) is 13.7 Å². The van der Waals surface area contributed by atoms with Gasteiger partial charge in [0.15, 0.2) is 0 Å². The van der Waals surface area contributed by atoms with Crippen molar-refractivity contribution in [2.24, 2.45) is 0 Å². The van der Waals surface area contributed by atoms with Crippen molar-refractivity contribution in [3.8, 4) is 0 Å². The lowest BCUT2D eigenvalue weighted by atomic mass is 10.3. The maximum atomic E-state index is 5.80. The molecule has 0 heterocycles. The molecule has 0 saturated heterocycles. The summed E-state index contributed by atoms with van der Waals surface area (Å²) < 4.78 is 22.1. The smallest absolute Gasteiger partial charge is 0.104 e. The van der Waals surface area contributed by atoms with Crippen LogP contribution in [0.15, 0.2) is 12.7 Å². The highest BCUT2D eigenvalue weighted by Crippen LogP contribution is 2.03. The number of hydrogen-bond donors (Lipinski definition) is 0. The lowest BCUT2D eigenvalue weighted by Gasteiger charge is -2.20. The summed E-state index contributed by atoms with van der Waals surface area (Å²) >= 11 is 0. The van der Waals surface area contributed by atoms with E-state index in [0.29, 0.717) is 26.4 Å². The van der Waals surface area contributed by atoms with Crippen LogP contribution >= 0.6 is 0 Å². The van der Waals surface area contributed by atoms with Crippen LogP contribution in [0.5, 0.6) is 0 Å². The van der Waals surface area contributed by atoms with Gasteiger partial charge in [-0.2, -0.15) is 0 Å². The third kappa shape index (κ3) is 11.1. The van der Waals surface area contributed by atoms with Crippen LogP contribution < -0.4 is 0 Å². The molecule has 0 fully saturated rings. The zero-order valence-corrected chi connectivity index (χ0v) is 12.7. The Balaban J connectivity index is 3.72. The highest BCUT2D eigenvalue weighted by molar-refractivity contribution is 4.65. The van der Waals surface area contributed by atoms with Crippen LogP contribution in [0.3, 0.4) is 0 Å². The standard InChI is InChI=1S/C15H30O4/c1-5-8-10-18-11-14(7-3)19-13-15(16-4)12-17-9-6-2/h6,14-15H,2,5,7-13H2,1,3-4H3. The Hall–Kier alpha value is -0.420. The maximum absolute atomic E-state index is 5.80. The van der Waals surface area contributed by atoms with Gasteiger partial charge in [-0.25, -0.2) is 0 Å². The van der Waals surface area contributed by atoms with Crippen molar-refractivity contribution < 1.29 is 18.9 Å². The fourth-order valence-electron chi connectivity index (χ4n) is 1.46. The van der Waals surface area contributed by atoms with Gasteiger partial charge in [-0.3, -0.25) is 0 Å². The maximum Gasteiger partial charge on any atom is 0.104 e. The van der Waals surface area contributed by atoms with Crippen molar-refractivity contribution in [2.45, 2.75) is 45.3 Å². The monoisotopic (exact) mass is 274 g/mol. The first-order chi connectivity index (χ1) is 9.28. The third-order valence-electron chi connectivity index (χ3n) is 2.79. The summed E-state index contributed by atoms with van der Waals surface area (Å²) in [6.45, 7) is 10.9. The zero-order chi connectivity index (χ0) is 14.3. The van der Waals surface area contributed by atoms with Crippen LogP contribution in [-0.4, -0.2) is 52.4 Å². The van der Waals surface area contributed by atoms with Crippen LogP contribution in [0.25, 0.3) is 0 Å². The van der Waals surface area contributed by atoms with E-state index >= 15 is 0 Å². The van der Waals surface area contributed by atoms with E-state index in [1.807, 2.05) is 0 Å². The highest BCUT2D eigenvalue weighted by atomic mass is 16.6. The fourth-order valence-corrected chi connectivity index (χ4v) is 1.46.